The Morgan fingerprint density at radius 1 is 1.39 bits per heavy atom. The molecule has 1 heterocycles. The normalized spacial score (nSPS) is 26.8. The van der Waals surface area contributed by atoms with Crippen molar-refractivity contribution in [2.75, 3.05) is 6.61 Å². The van der Waals surface area contributed by atoms with Gasteiger partial charge in [-0.05, 0) is 54.4 Å². The van der Waals surface area contributed by atoms with Crippen molar-refractivity contribution in [3.05, 3.63) is 59.3 Å². The summed E-state index contributed by atoms with van der Waals surface area (Å²) in [4.78, 5) is 0. The molecule has 0 aromatic rings. The maximum atomic E-state index is 5.91. The van der Waals surface area contributed by atoms with Crippen LogP contribution in [0.5, 0.6) is 0 Å². The molecule has 0 aromatic heterocycles. The molecule has 1 saturated heterocycles. The lowest BCUT2D eigenvalue weighted by atomic mass is 9.81. The van der Waals surface area contributed by atoms with E-state index in [-0.39, 0.29) is 0 Å². The molecular formula is C17H20O. The van der Waals surface area contributed by atoms with Crippen molar-refractivity contribution in [1.82, 2.24) is 0 Å². The Morgan fingerprint density at radius 2 is 2.33 bits per heavy atom. The fraction of sp³-hybridized carbons (Fsp3) is 0.412. The Bertz CT molecular complexity index is 474. The van der Waals surface area contributed by atoms with Gasteiger partial charge in [0, 0.05) is 6.61 Å². The fourth-order valence-electron chi connectivity index (χ4n) is 3.12. The summed E-state index contributed by atoms with van der Waals surface area (Å²) in [7, 11) is 0. The molecule has 0 radical (unpaired) electrons. The van der Waals surface area contributed by atoms with E-state index in [1.807, 2.05) is 6.08 Å². The summed E-state index contributed by atoms with van der Waals surface area (Å²) >= 11 is 0. The first kappa shape index (κ1) is 11.7. The van der Waals surface area contributed by atoms with Gasteiger partial charge in [0.15, 0.2) is 0 Å². The largest absolute Gasteiger partial charge is 0.374 e. The van der Waals surface area contributed by atoms with Gasteiger partial charge in [0.1, 0.15) is 0 Å². The predicted octanol–water partition coefficient (Wildman–Crippen LogP) is 4.25. The van der Waals surface area contributed by atoms with Crippen LogP contribution in [0.3, 0.4) is 0 Å². The number of ether oxygens (including phenoxy) is 1. The number of hydrogen-bond acceptors (Lipinski definition) is 1. The van der Waals surface area contributed by atoms with Gasteiger partial charge in [0.25, 0.3) is 0 Å². The summed E-state index contributed by atoms with van der Waals surface area (Å²) in [5.74, 6) is 0. The molecule has 3 aliphatic rings. The van der Waals surface area contributed by atoms with E-state index >= 15 is 0 Å². The van der Waals surface area contributed by atoms with Crippen LogP contribution in [-0.4, -0.2) is 12.7 Å². The van der Waals surface area contributed by atoms with Crippen molar-refractivity contribution < 1.29 is 4.74 Å². The highest BCUT2D eigenvalue weighted by molar-refractivity contribution is 5.53. The molecule has 0 aromatic carbocycles. The van der Waals surface area contributed by atoms with Crippen molar-refractivity contribution in [2.24, 2.45) is 0 Å². The van der Waals surface area contributed by atoms with E-state index < -0.39 is 0 Å². The molecule has 2 aliphatic carbocycles. The molecular weight excluding hydrogens is 220 g/mol. The van der Waals surface area contributed by atoms with Crippen LogP contribution < -0.4 is 0 Å². The van der Waals surface area contributed by atoms with Crippen LogP contribution in [0.2, 0.25) is 0 Å². The van der Waals surface area contributed by atoms with Crippen LogP contribution in [0, 0.1) is 0 Å². The monoisotopic (exact) mass is 240 g/mol. The average molecular weight is 240 g/mol. The Morgan fingerprint density at radius 3 is 3.22 bits per heavy atom. The quantitative estimate of drug-likeness (QED) is 0.655. The van der Waals surface area contributed by atoms with Gasteiger partial charge in [-0.1, -0.05) is 30.4 Å². The van der Waals surface area contributed by atoms with Gasteiger partial charge in [-0.2, -0.15) is 0 Å². The van der Waals surface area contributed by atoms with Crippen LogP contribution in [0.1, 0.15) is 32.1 Å². The number of fused-ring (bicyclic) bond motifs is 2. The summed E-state index contributed by atoms with van der Waals surface area (Å²) in [6.45, 7) is 4.77. The highest BCUT2D eigenvalue weighted by Gasteiger charge is 2.28. The zero-order valence-corrected chi connectivity index (χ0v) is 10.8. The molecule has 0 N–H and O–H groups in total. The van der Waals surface area contributed by atoms with Gasteiger partial charge < -0.3 is 4.74 Å². The molecule has 0 amide bonds. The molecule has 0 spiro atoms. The van der Waals surface area contributed by atoms with Crippen LogP contribution in [0.25, 0.3) is 0 Å². The van der Waals surface area contributed by atoms with Gasteiger partial charge in [-0.3, -0.25) is 0 Å². The smallest absolute Gasteiger partial charge is 0.0797 e. The van der Waals surface area contributed by atoms with Crippen LogP contribution in [0.4, 0.5) is 0 Å². The van der Waals surface area contributed by atoms with Gasteiger partial charge in [0.05, 0.1) is 6.10 Å². The molecule has 0 saturated carbocycles. The first-order valence-corrected chi connectivity index (χ1v) is 6.92. The summed E-state index contributed by atoms with van der Waals surface area (Å²) in [5, 5.41) is 0. The predicted molar refractivity (Wildman–Crippen MR) is 75.4 cm³/mol. The lowest BCUT2D eigenvalue weighted by molar-refractivity contribution is 0.0448. The van der Waals surface area contributed by atoms with Crippen molar-refractivity contribution >= 4 is 0 Å². The first-order chi connectivity index (χ1) is 8.88. The van der Waals surface area contributed by atoms with Crippen LogP contribution >= 0.6 is 0 Å². The highest BCUT2D eigenvalue weighted by Crippen LogP contribution is 2.38. The minimum atomic E-state index is 0.380. The molecule has 94 valence electrons. The maximum absolute atomic E-state index is 5.91. The summed E-state index contributed by atoms with van der Waals surface area (Å²) in [6, 6.07) is 0. The lowest BCUT2D eigenvalue weighted by Gasteiger charge is -2.33. The minimum Gasteiger partial charge on any atom is -0.374 e. The molecule has 1 atom stereocenters. The number of rotatable bonds is 2. The Hall–Kier alpha value is -1.34. The van der Waals surface area contributed by atoms with E-state index in [0.717, 1.165) is 25.9 Å². The van der Waals surface area contributed by atoms with Crippen molar-refractivity contribution in [1.29, 1.82) is 0 Å². The van der Waals surface area contributed by atoms with Gasteiger partial charge in [0.2, 0.25) is 0 Å². The van der Waals surface area contributed by atoms with E-state index in [0.29, 0.717) is 6.10 Å². The molecule has 3 rings (SSSR count). The molecule has 1 aliphatic heterocycles. The first-order valence-electron chi connectivity index (χ1n) is 6.92. The summed E-state index contributed by atoms with van der Waals surface area (Å²) in [5.41, 5.74) is 5.82. The van der Waals surface area contributed by atoms with Crippen molar-refractivity contribution in [3.63, 3.8) is 0 Å². The highest BCUT2D eigenvalue weighted by atomic mass is 16.5. The second-order valence-corrected chi connectivity index (χ2v) is 5.20. The van der Waals surface area contributed by atoms with Crippen LogP contribution in [0.15, 0.2) is 59.3 Å². The summed E-state index contributed by atoms with van der Waals surface area (Å²) < 4.78 is 5.91. The van der Waals surface area contributed by atoms with Gasteiger partial charge in [-0.15, -0.1) is 6.58 Å². The molecule has 1 fully saturated rings. The molecule has 1 unspecified atom stereocenters. The topological polar surface area (TPSA) is 9.23 Å². The Labute approximate surface area is 109 Å². The van der Waals surface area contributed by atoms with E-state index in [1.54, 1.807) is 0 Å². The third-order valence-electron chi connectivity index (χ3n) is 3.98. The van der Waals surface area contributed by atoms with E-state index in [2.05, 4.69) is 30.9 Å². The van der Waals surface area contributed by atoms with Crippen molar-refractivity contribution in [2.45, 2.75) is 38.2 Å². The lowest BCUT2D eigenvalue weighted by Crippen LogP contribution is -2.26. The second kappa shape index (κ2) is 5.11. The zero-order chi connectivity index (χ0) is 12.4. The van der Waals surface area contributed by atoms with E-state index in [4.69, 9.17) is 4.74 Å². The number of hydrogen-bond donors (Lipinski definition) is 0. The number of allylic oxidation sites excluding steroid dienone is 8. The zero-order valence-electron chi connectivity index (χ0n) is 10.8. The fourth-order valence-corrected chi connectivity index (χ4v) is 3.12. The third kappa shape index (κ3) is 2.15. The van der Waals surface area contributed by atoms with E-state index in [1.165, 1.54) is 35.1 Å². The van der Waals surface area contributed by atoms with Gasteiger partial charge in [-0.25, -0.2) is 0 Å². The Balaban J connectivity index is 2.03. The standard InChI is InChI=1S/C17H20O/c1-2-5-13-6-3-7-14-9-10-17-15(16(14)12-13)8-4-11-18-17/h2-3,6-7,12,17H,1,4-5,8-11H2. The second-order valence-electron chi connectivity index (χ2n) is 5.20. The molecule has 1 heteroatoms. The maximum Gasteiger partial charge on any atom is 0.0797 e. The molecule has 0 bridgehead atoms. The molecule has 1 nitrogen and oxygen atoms in total. The molecule has 18 heavy (non-hydrogen) atoms. The third-order valence-corrected chi connectivity index (χ3v) is 3.98. The van der Waals surface area contributed by atoms with Gasteiger partial charge >= 0.3 is 0 Å². The van der Waals surface area contributed by atoms with Crippen molar-refractivity contribution in [3.8, 4) is 0 Å². The van der Waals surface area contributed by atoms with E-state index in [9.17, 15) is 0 Å². The SMILES string of the molecule is C=CCC1=CC2=C3CCCOC3CCC2=CC=C1. The minimum absolute atomic E-state index is 0.380. The summed E-state index contributed by atoms with van der Waals surface area (Å²) in [6.07, 6.45) is 17.0. The average Bonchev–Trinajstić information content (AvgIpc) is 2.61. The Kier molecular flexibility index (Phi) is 3.33. The van der Waals surface area contributed by atoms with Crippen LogP contribution in [-0.2, 0) is 4.74 Å².